The highest BCUT2D eigenvalue weighted by atomic mass is 35.5. The molecule has 0 spiro atoms. The summed E-state index contributed by atoms with van der Waals surface area (Å²) < 4.78 is 0. The highest BCUT2D eigenvalue weighted by Crippen LogP contribution is 2.32. The molecular formula is C11H12ClN3S2. The van der Waals surface area contributed by atoms with Crippen LogP contribution in [0.5, 0.6) is 0 Å². The summed E-state index contributed by atoms with van der Waals surface area (Å²) in [6.07, 6.45) is 3.73. The molecule has 0 bridgehead atoms. The van der Waals surface area contributed by atoms with Crippen molar-refractivity contribution in [3.05, 3.63) is 23.2 Å². The van der Waals surface area contributed by atoms with Gasteiger partial charge in [-0.25, -0.2) is 4.99 Å². The van der Waals surface area contributed by atoms with E-state index in [1.165, 1.54) is 11.8 Å². The molecule has 0 heterocycles. The Hall–Kier alpha value is -0.830. The average molecular weight is 286 g/mol. The predicted octanol–water partition coefficient (Wildman–Crippen LogP) is 3.87. The molecule has 0 aromatic heterocycles. The van der Waals surface area contributed by atoms with Crippen LogP contribution in [0.3, 0.4) is 0 Å². The Kier molecular flexibility index (Phi) is 6.27. The Labute approximate surface area is 115 Å². The summed E-state index contributed by atoms with van der Waals surface area (Å²) in [4.78, 5) is 5.45. The number of hydrogen-bond acceptors (Lipinski definition) is 4. The van der Waals surface area contributed by atoms with E-state index in [1.807, 2.05) is 24.6 Å². The lowest BCUT2D eigenvalue weighted by atomic mass is 10.3. The Morgan fingerprint density at radius 2 is 2.35 bits per heavy atom. The number of nitrogens with zero attached hydrogens (tertiary/aromatic N) is 2. The van der Waals surface area contributed by atoms with Crippen LogP contribution in [0, 0.1) is 11.5 Å². The second kappa shape index (κ2) is 7.49. The zero-order chi connectivity index (χ0) is 12.7. The number of nitriles is 1. The van der Waals surface area contributed by atoms with Crippen LogP contribution >= 0.6 is 35.1 Å². The number of benzene rings is 1. The molecule has 0 unspecified atom stereocenters. The number of amidine groups is 1. The van der Waals surface area contributed by atoms with Crippen molar-refractivity contribution in [1.29, 1.82) is 5.26 Å². The molecule has 3 nitrogen and oxygen atoms in total. The highest BCUT2D eigenvalue weighted by Gasteiger charge is 2.04. The van der Waals surface area contributed by atoms with E-state index >= 15 is 0 Å². The Morgan fingerprint density at radius 3 is 2.94 bits per heavy atom. The van der Waals surface area contributed by atoms with E-state index < -0.39 is 0 Å². The number of halogens is 1. The molecule has 1 N–H and O–H groups in total. The van der Waals surface area contributed by atoms with Crippen LogP contribution in [-0.2, 0) is 0 Å². The van der Waals surface area contributed by atoms with Crippen LogP contribution < -0.4 is 5.32 Å². The fourth-order valence-corrected chi connectivity index (χ4v) is 2.37. The highest BCUT2D eigenvalue weighted by molar-refractivity contribution is 8.13. The fourth-order valence-electron chi connectivity index (χ4n) is 1.14. The minimum atomic E-state index is 0.563. The van der Waals surface area contributed by atoms with Gasteiger partial charge < -0.3 is 0 Å². The topological polar surface area (TPSA) is 48.2 Å². The molecule has 6 heteroatoms. The van der Waals surface area contributed by atoms with Crippen LogP contribution in [0.2, 0.25) is 5.02 Å². The van der Waals surface area contributed by atoms with Gasteiger partial charge in [-0.3, -0.25) is 5.32 Å². The molecule has 1 rings (SSSR count). The van der Waals surface area contributed by atoms with Gasteiger partial charge in [0.2, 0.25) is 0 Å². The van der Waals surface area contributed by atoms with E-state index in [-0.39, 0.29) is 0 Å². The first-order chi connectivity index (χ1) is 8.21. The van der Waals surface area contributed by atoms with Gasteiger partial charge in [0.1, 0.15) is 0 Å². The number of thioether (sulfide) groups is 2. The van der Waals surface area contributed by atoms with Gasteiger partial charge in [-0.15, -0.1) is 11.8 Å². The van der Waals surface area contributed by atoms with Crippen molar-refractivity contribution < 1.29 is 0 Å². The second-order valence-corrected chi connectivity index (χ2v) is 5.44. The molecule has 0 fully saturated rings. The minimum Gasteiger partial charge on any atom is -0.271 e. The van der Waals surface area contributed by atoms with Gasteiger partial charge in [-0.1, -0.05) is 30.3 Å². The van der Waals surface area contributed by atoms with Crippen molar-refractivity contribution in [2.45, 2.75) is 11.8 Å². The smallest absolute Gasteiger partial charge is 0.183 e. The normalized spacial score (nSPS) is 11.1. The first-order valence-corrected chi connectivity index (χ1v) is 7.50. The molecule has 0 aliphatic carbocycles. The minimum absolute atomic E-state index is 0.563. The van der Waals surface area contributed by atoms with Gasteiger partial charge in [-0.05, 0) is 30.2 Å². The van der Waals surface area contributed by atoms with Crippen LogP contribution in [0.4, 0.5) is 5.69 Å². The quantitative estimate of drug-likeness (QED) is 0.301. The summed E-state index contributed by atoms with van der Waals surface area (Å²) in [6.45, 7) is 2.08. The third-order valence-electron chi connectivity index (χ3n) is 1.80. The standard InChI is InChI=1S/C11H12ClN3S2/c1-3-17-10-5-4-8(12)6-9(10)15-11(16-2)14-7-13/h4-6H,3H2,1-2H3,(H,14,15). The van der Waals surface area contributed by atoms with E-state index in [1.54, 1.807) is 17.8 Å². The summed E-state index contributed by atoms with van der Waals surface area (Å²) >= 11 is 9.03. The van der Waals surface area contributed by atoms with Crippen LogP contribution in [0.15, 0.2) is 28.1 Å². The largest absolute Gasteiger partial charge is 0.271 e. The molecule has 0 aliphatic heterocycles. The molecule has 0 aliphatic rings. The van der Waals surface area contributed by atoms with Gasteiger partial charge in [0.25, 0.3) is 0 Å². The van der Waals surface area contributed by atoms with Crippen LogP contribution in [0.1, 0.15) is 6.92 Å². The monoisotopic (exact) mass is 285 g/mol. The molecule has 1 aromatic rings. The van der Waals surface area contributed by atoms with Crippen molar-refractivity contribution in [1.82, 2.24) is 5.32 Å². The number of rotatable bonds is 3. The maximum absolute atomic E-state index is 8.59. The molecule has 0 saturated heterocycles. The van der Waals surface area contributed by atoms with E-state index in [4.69, 9.17) is 16.9 Å². The lowest BCUT2D eigenvalue weighted by molar-refractivity contribution is 1.26. The van der Waals surface area contributed by atoms with Gasteiger partial charge in [0, 0.05) is 9.92 Å². The molecule has 0 atom stereocenters. The van der Waals surface area contributed by atoms with Gasteiger partial charge >= 0.3 is 0 Å². The van der Waals surface area contributed by atoms with Crippen molar-refractivity contribution >= 4 is 46.0 Å². The third kappa shape index (κ3) is 4.50. The first kappa shape index (κ1) is 14.2. The van der Waals surface area contributed by atoms with E-state index in [0.717, 1.165) is 16.3 Å². The molecule has 0 saturated carbocycles. The molecule has 0 radical (unpaired) electrons. The maximum Gasteiger partial charge on any atom is 0.183 e. The summed E-state index contributed by atoms with van der Waals surface area (Å²) in [5.41, 5.74) is 0.788. The summed E-state index contributed by atoms with van der Waals surface area (Å²) in [5.74, 6) is 0.963. The maximum atomic E-state index is 8.59. The molecule has 0 amide bonds. The predicted molar refractivity (Wildman–Crippen MR) is 77.2 cm³/mol. The zero-order valence-electron chi connectivity index (χ0n) is 9.53. The van der Waals surface area contributed by atoms with E-state index in [2.05, 4.69) is 17.2 Å². The Balaban J connectivity index is 3.10. The summed E-state index contributed by atoms with van der Waals surface area (Å²) in [7, 11) is 0. The Morgan fingerprint density at radius 1 is 1.59 bits per heavy atom. The van der Waals surface area contributed by atoms with Crippen LogP contribution in [0.25, 0.3) is 0 Å². The number of nitrogens with one attached hydrogen (secondary N) is 1. The van der Waals surface area contributed by atoms with E-state index in [0.29, 0.717) is 10.2 Å². The number of aliphatic imine (C=N–C) groups is 1. The lowest BCUT2D eigenvalue weighted by Crippen LogP contribution is -2.12. The summed E-state index contributed by atoms with van der Waals surface area (Å²) in [5, 5.41) is 12.3. The third-order valence-corrected chi connectivity index (χ3v) is 3.56. The molecule has 17 heavy (non-hydrogen) atoms. The Bertz CT molecular complexity index is 455. The van der Waals surface area contributed by atoms with E-state index in [9.17, 15) is 0 Å². The lowest BCUT2D eigenvalue weighted by Gasteiger charge is -2.06. The molecular weight excluding hydrogens is 274 g/mol. The van der Waals surface area contributed by atoms with Crippen molar-refractivity contribution in [2.24, 2.45) is 4.99 Å². The second-order valence-electron chi connectivity index (χ2n) is 2.90. The van der Waals surface area contributed by atoms with Gasteiger partial charge in [-0.2, -0.15) is 5.26 Å². The summed E-state index contributed by atoms with van der Waals surface area (Å²) in [6, 6.07) is 5.59. The van der Waals surface area contributed by atoms with Crippen molar-refractivity contribution in [2.75, 3.05) is 12.0 Å². The van der Waals surface area contributed by atoms with Crippen molar-refractivity contribution in [3.63, 3.8) is 0 Å². The zero-order valence-corrected chi connectivity index (χ0v) is 11.9. The molecule has 90 valence electrons. The SMILES string of the molecule is CCSc1ccc(Cl)cc1N=C(NC#N)SC. The first-order valence-electron chi connectivity index (χ1n) is 4.91. The van der Waals surface area contributed by atoms with Gasteiger partial charge in [0.05, 0.1) is 5.69 Å². The van der Waals surface area contributed by atoms with Crippen molar-refractivity contribution in [3.8, 4) is 6.19 Å². The number of hydrogen-bond donors (Lipinski definition) is 1. The van der Waals surface area contributed by atoms with Crippen LogP contribution in [-0.4, -0.2) is 17.2 Å². The fraction of sp³-hybridized carbons (Fsp3) is 0.273. The average Bonchev–Trinajstić information content (AvgIpc) is 2.32. The van der Waals surface area contributed by atoms with Gasteiger partial charge in [0.15, 0.2) is 11.4 Å². The molecule has 1 aromatic carbocycles.